The number of rotatable bonds is 3. The lowest BCUT2D eigenvalue weighted by molar-refractivity contribution is 0.375. The summed E-state index contributed by atoms with van der Waals surface area (Å²) in [4.78, 5) is 0. The first-order valence-corrected chi connectivity index (χ1v) is 7.07. The maximum Gasteiger partial charge on any atom is 0.148 e. The smallest absolute Gasteiger partial charge is 0.148 e. The van der Waals surface area contributed by atoms with Crippen LogP contribution in [0.2, 0.25) is 5.02 Å². The largest absolute Gasteiger partial charge is 0.308 e. The van der Waals surface area contributed by atoms with Gasteiger partial charge in [-0.25, -0.2) is 0 Å². The molecular weight excluding hydrogens is 281 g/mol. The van der Waals surface area contributed by atoms with Crippen LogP contribution in [0.3, 0.4) is 0 Å². The average Bonchev–Trinajstić information content (AvgIpc) is 2.75. The Labute approximate surface area is 123 Å². The van der Waals surface area contributed by atoms with E-state index < -0.39 is 0 Å². The fraction of sp³-hybridized carbons (Fsp3) is 0.429. The van der Waals surface area contributed by atoms with Gasteiger partial charge in [-0.1, -0.05) is 23.7 Å². The highest BCUT2D eigenvalue weighted by molar-refractivity contribution is 6.30. The molecule has 1 aromatic heterocycles. The first-order chi connectivity index (χ1) is 8.91. The summed E-state index contributed by atoms with van der Waals surface area (Å²) in [5.41, 5.74) is 1.07. The summed E-state index contributed by atoms with van der Waals surface area (Å²) in [7, 11) is 0. The van der Waals surface area contributed by atoms with Gasteiger partial charge in [0.1, 0.15) is 11.6 Å². The zero-order chi connectivity index (χ0) is 14.0. The molecular formula is C14H17Cl2N3. The zero-order valence-corrected chi connectivity index (χ0v) is 12.8. The Kier molecular flexibility index (Phi) is 4.16. The first-order valence-electron chi connectivity index (χ1n) is 6.16. The van der Waals surface area contributed by atoms with Crippen molar-refractivity contribution < 1.29 is 0 Å². The summed E-state index contributed by atoms with van der Waals surface area (Å²) >= 11 is 11.8. The second kappa shape index (κ2) is 5.51. The monoisotopic (exact) mass is 297 g/mol. The Bertz CT molecular complexity index is 553. The van der Waals surface area contributed by atoms with Crippen LogP contribution in [0.1, 0.15) is 38.0 Å². The molecule has 0 aliphatic rings. The van der Waals surface area contributed by atoms with Gasteiger partial charge in [-0.15, -0.1) is 21.8 Å². The van der Waals surface area contributed by atoms with E-state index in [-0.39, 0.29) is 5.54 Å². The van der Waals surface area contributed by atoms with Crippen molar-refractivity contribution in [3.8, 4) is 0 Å². The van der Waals surface area contributed by atoms with Crippen LogP contribution in [-0.2, 0) is 17.8 Å². The highest BCUT2D eigenvalue weighted by atomic mass is 35.5. The second-order valence-corrected chi connectivity index (χ2v) is 6.18. The molecule has 0 N–H and O–H groups in total. The molecule has 1 aromatic carbocycles. The lowest BCUT2D eigenvalue weighted by Crippen LogP contribution is -2.26. The lowest BCUT2D eigenvalue weighted by atomic mass is 10.1. The summed E-state index contributed by atoms with van der Waals surface area (Å²) in [6.45, 7) is 6.37. The molecule has 3 nitrogen and oxygen atoms in total. The van der Waals surface area contributed by atoms with Crippen molar-refractivity contribution in [3.05, 3.63) is 46.5 Å². The first kappa shape index (κ1) is 14.4. The Balaban J connectivity index is 2.35. The van der Waals surface area contributed by atoms with Gasteiger partial charge in [0.25, 0.3) is 0 Å². The van der Waals surface area contributed by atoms with Gasteiger partial charge >= 0.3 is 0 Å². The minimum atomic E-state index is -0.0878. The van der Waals surface area contributed by atoms with Crippen LogP contribution in [0.5, 0.6) is 0 Å². The highest BCUT2D eigenvalue weighted by Crippen LogP contribution is 2.22. The topological polar surface area (TPSA) is 30.7 Å². The van der Waals surface area contributed by atoms with E-state index in [1.54, 1.807) is 0 Å². The Morgan fingerprint density at radius 1 is 1.05 bits per heavy atom. The van der Waals surface area contributed by atoms with E-state index in [2.05, 4.69) is 35.5 Å². The van der Waals surface area contributed by atoms with Gasteiger partial charge in [0.2, 0.25) is 0 Å². The van der Waals surface area contributed by atoms with Crippen molar-refractivity contribution in [2.24, 2.45) is 0 Å². The van der Waals surface area contributed by atoms with Crippen molar-refractivity contribution in [2.75, 3.05) is 0 Å². The normalized spacial score (nSPS) is 11.8. The lowest BCUT2D eigenvalue weighted by Gasteiger charge is -2.24. The number of halogens is 2. The molecule has 0 amide bonds. The van der Waals surface area contributed by atoms with E-state index in [0.717, 1.165) is 28.7 Å². The highest BCUT2D eigenvalue weighted by Gasteiger charge is 2.22. The molecule has 5 heteroatoms. The van der Waals surface area contributed by atoms with Crippen molar-refractivity contribution in [2.45, 2.75) is 38.6 Å². The molecule has 0 bridgehead atoms. The minimum absolute atomic E-state index is 0.0878. The number of aromatic nitrogens is 3. The van der Waals surface area contributed by atoms with Gasteiger partial charge in [0, 0.05) is 17.0 Å². The Morgan fingerprint density at radius 2 is 1.63 bits per heavy atom. The summed E-state index contributed by atoms with van der Waals surface area (Å²) < 4.78 is 2.11. The van der Waals surface area contributed by atoms with E-state index in [9.17, 15) is 0 Å². The molecule has 2 rings (SSSR count). The van der Waals surface area contributed by atoms with Crippen LogP contribution in [-0.4, -0.2) is 14.8 Å². The summed E-state index contributed by atoms with van der Waals surface area (Å²) in [5, 5.41) is 9.17. The van der Waals surface area contributed by atoms with Crippen LogP contribution < -0.4 is 0 Å². The molecule has 0 radical (unpaired) electrons. The van der Waals surface area contributed by atoms with Crippen LogP contribution >= 0.6 is 23.2 Å². The molecule has 0 fully saturated rings. The van der Waals surface area contributed by atoms with E-state index in [4.69, 9.17) is 23.2 Å². The van der Waals surface area contributed by atoms with Gasteiger partial charge in [-0.2, -0.15) is 0 Å². The van der Waals surface area contributed by atoms with Crippen molar-refractivity contribution in [3.63, 3.8) is 0 Å². The standard InChI is InChI=1S/C14H17Cl2N3/c1-14(2,3)19-12(17-18-13(19)9-15)8-10-4-6-11(16)7-5-10/h4-7H,8-9H2,1-3H3. The molecule has 0 saturated carbocycles. The molecule has 0 aliphatic carbocycles. The van der Waals surface area contributed by atoms with Gasteiger partial charge < -0.3 is 4.57 Å². The van der Waals surface area contributed by atoms with E-state index in [1.807, 2.05) is 24.3 Å². The average molecular weight is 298 g/mol. The molecule has 2 aromatic rings. The molecule has 1 heterocycles. The maximum absolute atomic E-state index is 5.93. The predicted molar refractivity (Wildman–Crippen MR) is 78.8 cm³/mol. The molecule has 0 unspecified atom stereocenters. The van der Waals surface area contributed by atoms with Crippen molar-refractivity contribution in [1.82, 2.24) is 14.8 Å². The number of alkyl halides is 1. The maximum atomic E-state index is 5.93. The number of benzene rings is 1. The third-order valence-electron chi connectivity index (χ3n) is 2.86. The zero-order valence-electron chi connectivity index (χ0n) is 11.3. The molecule has 19 heavy (non-hydrogen) atoms. The quantitative estimate of drug-likeness (QED) is 0.801. The van der Waals surface area contributed by atoms with Gasteiger partial charge in [-0.05, 0) is 38.5 Å². The van der Waals surface area contributed by atoms with Crippen LogP contribution in [0, 0.1) is 0 Å². The predicted octanol–water partition coefficient (Wildman–Crippen LogP) is 4.02. The molecule has 0 atom stereocenters. The van der Waals surface area contributed by atoms with Gasteiger partial charge in [0.05, 0.1) is 5.88 Å². The Morgan fingerprint density at radius 3 is 2.16 bits per heavy atom. The van der Waals surface area contributed by atoms with Crippen LogP contribution in [0.4, 0.5) is 0 Å². The molecule has 0 spiro atoms. The summed E-state index contributed by atoms with van der Waals surface area (Å²) in [5.74, 6) is 2.09. The Hall–Kier alpha value is -1.06. The minimum Gasteiger partial charge on any atom is -0.308 e. The van der Waals surface area contributed by atoms with Gasteiger partial charge in [-0.3, -0.25) is 0 Å². The SMILES string of the molecule is CC(C)(C)n1c(CCl)nnc1Cc1ccc(Cl)cc1. The van der Waals surface area contributed by atoms with Crippen molar-refractivity contribution >= 4 is 23.2 Å². The fourth-order valence-corrected chi connectivity index (χ4v) is 2.41. The summed E-state index contributed by atoms with van der Waals surface area (Å²) in [6, 6.07) is 7.78. The van der Waals surface area contributed by atoms with E-state index in [0.29, 0.717) is 5.88 Å². The third kappa shape index (κ3) is 3.28. The third-order valence-corrected chi connectivity index (χ3v) is 3.35. The van der Waals surface area contributed by atoms with E-state index in [1.165, 1.54) is 0 Å². The molecule has 0 aliphatic heterocycles. The van der Waals surface area contributed by atoms with Crippen LogP contribution in [0.15, 0.2) is 24.3 Å². The second-order valence-electron chi connectivity index (χ2n) is 5.48. The number of nitrogens with zero attached hydrogens (tertiary/aromatic N) is 3. The van der Waals surface area contributed by atoms with Crippen molar-refractivity contribution in [1.29, 1.82) is 0 Å². The number of hydrogen-bond donors (Lipinski definition) is 0. The van der Waals surface area contributed by atoms with Crippen LogP contribution in [0.25, 0.3) is 0 Å². The van der Waals surface area contributed by atoms with Gasteiger partial charge in [0.15, 0.2) is 0 Å². The summed E-state index contributed by atoms with van der Waals surface area (Å²) in [6.07, 6.45) is 0.721. The number of hydrogen-bond acceptors (Lipinski definition) is 2. The molecule has 0 saturated heterocycles. The van der Waals surface area contributed by atoms with E-state index >= 15 is 0 Å². The fourth-order valence-electron chi connectivity index (χ4n) is 2.11. The molecule has 102 valence electrons.